The minimum absolute atomic E-state index is 0.0314. The van der Waals surface area contributed by atoms with Gasteiger partial charge in [0.25, 0.3) is 0 Å². The van der Waals surface area contributed by atoms with Crippen molar-refractivity contribution in [1.29, 1.82) is 0 Å². The Balaban J connectivity index is 4.12. The maximum atomic E-state index is 12.5. The zero-order valence-electron chi connectivity index (χ0n) is 29.8. The molecule has 0 radical (unpaired) electrons. The van der Waals surface area contributed by atoms with E-state index in [-0.39, 0.29) is 32.3 Å². The van der Waals surface area contributed by atoms with Gasteiger partial charge in [-0.2, -0.15) is 0 Å². The maximum Gasteiger partial charge on any atom is 0.472 e. The average molecular weight is 674 g/mol. The number of carbonyl (C=O) groups is 1. The van der Waals surface area contributed by atoms with Crippen molar-refractivity contribution < 1.29 is 32.8 Å². The van der Waals surface area contributed by atoms with Crippen molar-refractivity contribution in [2.75, 3.05) is 26.4 Å². The van der Waals surface area contributed by atoms with Crippen LogP contribution in [-0.4, -0.2) is 43.3 Å². The molecule has 0 aliphatic carbocycles. The second kappa shape index (κ2) is 35.1. The molecule has 0 aromatic rings. The van der Waals surface area contributed by atoms with Gasteiger partial charge in [0.15, 0.2) is 6.10 Å². The summed E-state index contributed by atoms with van der Waals surface area (Å²) in [5.41, 5.74) is 5.34. The van der Waals surface area contributed by atoms with Crippen molar-refractivity contribution in [2.24, 2.45) is 5.73 Å². The fourth-order valence-corrected chi connectivity index (χ4v) is 5.88. The van der Waals surface area contributed by atoms with Gasteiger partial charge >= 0.3 is 13.8 Å². The molecule has 0 bridgehead atoms. The molecule has 46 heavy (non-hydrogen) atoms. The molecule has 0 aromatic heterocycles. The number of nitrogens with two attached hydrogens (primary N) is 1. The number of unbranched alkanes of at least 4 members (excludes halogenated alkanes) is 21. The summed E-state index contributed by atoms with van der Waals surface area (Å²) in [5, 5.41) is 0. The third-order valence-corrected chi connectivity index (χ3v) is 8.92. The molecule has 0 aliphatic rings. The van der Waals surface area contributed by atoms with Gasteiger partial charge in [0.2, 0.25) is 0 Å². The number of rotatable bonds is 36. The van der Waals surface area contributed by atoms with Crippen molar-refractivity contribution in [3.63, 3.8) is 0 Å². The van der Waals surface area contributed by atoms with Crippen LogP contribution < -0.4 is 5.73 Å². The molecule has 0 amide bonds. The molecule has 0 fully saturated rings. The number of allylic oxidation sites excluding steroid dienone is 3. The smallest absolute Gasteiger partial charge is 0.472 e. The van der Waals surface area contributed by atoms with Crippen LogP contribution in [0.4, 0.5) is 0 Å². The van der Waals surface area contributed by atoms with Gasteiger partial charge in [-0.3, -0.25) is 13.8 Å². The lowest BCUT2D eigenvalue weighted by atomic mass is 10.0. The molecule has 9 heteroatoms. The summed E-state index contributed by atoms with van der Waals surface area (Å²) in [6, 6.07) is 0. The third-order valence-electron chi connectivity index (χ3n) is 7.94. The first-order valence-electron chi connectivity index (χ1n) is 18.9. The first-order chi connectivity index (χ1) is 22.4. The van der Waals surface area contributed by atoms with Crippen molar-refractivity contribution >= 4 is 13.8 Å². The van der Waals surface area contributed by atoms with Crippen LogP contribution in [0.15, 0.2) is 24.5 Å². The van der Waals surface area contributed by atoms with E-state index >= 15 is 0 Å². The first-order valence-corrected chi connectivity index (χ1v) is 20.4. The number of phosphoric acid groups is 1. The van der Waals surface area contributed by atoms with Crippen molar-refractivity contribution in [1.82, 2.24) is 0 Å². The molecule has 272 valence electrons. The quantitative estimate of drug-likeness (QED) is 0.0222. The molecule has 8 nitrogen and oxygen atoms in total. The summed E-state index contributed by atoms with van der Waals surface area (Å²) < 4.78 is 33.0. The molecule has 0 spiro atoms. The largest absolute Gasteiger partial charge is 0.498 e. The topological polar surface area (TPSA) is 117 Å². The summed E-state index contributed by atoms with van der Waals surface area (Å²) in [7, 11) is -4.28. The van der Waals surface area contributed by atoms with Gasteiger partial charge < -0.3 is 20.1 Å². The van der Waals surface area contributed by atoms with E-state index in [0.29, 0.717) is 6.42 Å². The fourth-order valence-electron chi connectivity index (χ4n) is 5.12. The molecule has 2 atom stereocenters. The number of ether oxygens (including phenoxy) is 2. The second-order valence-corrected chi connectivity index (χ2v) is 14.0. The normalized spacial score (nSPS) is 13.8. The summed E-state index contributed by atoms with van der Waals surface area (Å²) in [4.78, 5) is 22.3. The zero-order chi connectivity index (χ0) is 33.8. The Kier molecular flexibility index (Phi) is 34.2. The third kappa shape index (κ3) is 34.2. The molecule has 0 heterocycles. The van der Waals surface area contributed by atoms with Gasteiger partial charge in [-0.25, -0.2) is 4.57 Å². The predicted molar refractivity (Wildman–Crippen MR) is 192 cm³/mol. The standard InChI is InChI=1S/C37H72NO7P/c1-3-5-7-9-11-13-15-16-17-18-19-21-23-25-27-29-32-42-34-36(35-44-46(40,41)43-33-31-38)45-37(39)30-28-26-24-22-20-14-12-10-8-6-4-2/h10,12,29,32,36H,3-9,11,13-28,30-31,33-35,38H2,1-2H3,(H,40,41)/t36-/m1/s1. The van der Waals surface area contributed by atoms with Crippen LogP contribution in [-0.2, 0) is 27.9 Å². The van der Waals surface area contributed by atoms with Crippen LogP contribution >= 0.6 is 7.82 Å². The lowest BCUT2D eigenvalue weighted by Gasteiger charge is -2.19. The molecule has 0 saturated heterocycles. The molecule has 3 N–H and O–H groups in total. The monoisotopic (exact) mass is 674 g/mol. The zero-order valence-corrected chi connectivity index (χ0v) is 30.7. The van der Waals surface area contributed by atoms with Crippen molar-refractivity contribution in [3.8, 4) is 0 Å². The van der Waals surface area contributed by atoms with E-state index in [1.54, 1.807) is 6.26 Å². The van der Waals surface area contributed by atoms with E-state index < -0.39 is 13.9 Å². The average Bonchev–Trinajstić information content (AvgIpc) is 3.04. The van der Waals surface area contributed by atoms with Crippen molar-refractivity contribution in [3.05, 3.63) is 24.5 Å². The van der Waals surface area contributed by atoms with Gasteiger partial charge in [0.05, 0.1) is 19.5 Å². The highest BCUT2D eigenvalue weighted by atomic mass is 31.2. The van der Waals surface area contributed by atoms with E-state index in [9.17, 15) is 14.3 Å². The van der Waals surface area contributed by atoms with Crippen LogP contribution in [0.1, 0.15) is 174 Å². The number of esters is 1. The lowest BCUT2D eigenvalue weighted by Crippen LogP contribution is -2.27. The summed E-state index contributed by atoms with van der Waals surface area (Å²) in [6.45, 7) is 4.19. The molecule has 0 saturated carbocycles. The Bertz CT molecular complexity index is 762. The van der Waals surface area contributed by atoms with E-state index in [0.717, 1.165) is 44.9 Å². The summed E-state index contributed by atoms with van der Waals surface area (Å²) in [5.74, 6) is -0.363. The Morgan fingerprint density at radius 2 is 1.13 bits per heavy atom. The number of carbonyl (C=O) groups excluding carboxylic acids is 1. The van der Waals surface area contributed by atoms with Crippen LogP contribution in [0.3, 0.4) is 0 Å². The molecular weight excluding hydrogens is 601 g/mol. The lowest BCUT2D eigenvalue weighted by molar-refractivity contribution is -0.153. The van der Waals surface area contributed by atoms with Gasteiger partial charge in [0, 0.05) is 13.0 Å². The second-order valence-electron chi connectivity index (χ2n) is 12.5. The predicted octanol–water partition coefficient (Wildman–Crippen LogP) is 10.9. The molecular formula is C37H72NO7P. The highest BCUT2D eigenvalue weighted by molar-refractivity contribution is 7.47. The Labute approximate surface area is 283 Å². The fraction of sp³-hybridized carbons (Fsp3) is 0.865. The van der Waals surface area contributed by atoms with Crippen LogP contribution in [0, 0.1) is 0 Å². The maximum absolute atomic E-state index is 12.5. The first kappa shape index (κ1) is 44.8. The molecule has 0 aliphatic heterocycles. The van der Waals surface area contributed by atoms with Crippen LogP contribution in [0.2, 0.25) is 0 Å². The highest BCUT2D eigenvalue weighted by Gasteiger charge is 2.25. The Hall–Kier alpha value is -1.18. The minimum atomic E-state index is -4.28. The Morgan fingerprint density at radius 3 is 1.67 bits per heavy atom. The van der Waals surface area contributed by atoms with Crippen LogP contribution in [0.5, 0.6) is 0 Å². The van der Waals surface area contributed by atoms with E-state index in [1.807, 2.05) is 6.08 Å². The number of phosphoric ester groups is 1. The van der Waals surface area contributed by atoms with Gasteiger partial charge in [-0.05, 0) is 44.6 Å². The number of hydrogen-bond donors (Lipinski definition) is 2. The molecule has 0 rings (SSSR count). The van der Waals surface area contributed by atoms with E-state index in [1.165, 1.54) is 109 Å². The summed E-state index contributed by atoms with van der Waals surface area (Å²) >= 11 is 0. The van der Waals surface area contributed by atoms with Gasteiger partial charge in [-0.15, -0.1) is 0 Å². The minimum Gasteiger partial charge on any atom is -0.498 e. The molecule has 1 unspecified atom stereocenters. The highest BCUT2D eigenvalue weighted by Crippen LogP contribution is 2.43. The molecule has 0 aromatic carbocycles. The number of hydrogen-bond acceptors (Lipinski definition) is 7. The SMILES string of the molecule is CCCCC=CCCCCCCCC(=O)O[C@H](COC=CCCCCCCCCCCCCCCCC)COP(=O)(O)OCCN. The van der Waals surface area contributed by atoms with E-state index in [2.05, 4.69) is 26.0 Å². The van der Waals surface area contributed by atoms with Crippen LogP contribution in [0.25, 0.3) is 0 Å². The van der Waals surface area contributed by atoms with Gasteiger partial charge in [0.1, 0.15) is 6.61 Å². The van der Waals surface area contributed by atoms with E-state index in [4.69, 9.17) is 24.3 Å². The van der Waals surface area contributed by atoms with Gasteiger partial charge in [-0.1, -0.05) is 142 Å². The van der Waals surface area contributed by atoms with Crippen molar-refractivity contribution in [2.45, 2.75) is 180 Å². The summed E-state index contributed by atoms with van der Waals surface area (Å²) in [6.07, 6.45) is 37.1. The Morgan fingerprint density at radius 1 is 0.652 bits per heavy atom.